The average Bonchev–Trinajstić information content (AvgIpc) is 2.99. The van der Waals surface area contributed by atoms with Crippen molar-refractivity contribution in [2.24, 2.45) is 17.8 Å². The summed E-state index contributed by atoms with van der Waals surface area (Å²) in [7, 11) is 0. The molecule has 0 spiro atoms. The normalized spacial score (nSPS) is 14.4. The van der Waals surface area contributed by atoms with Gasteiger partial charge in [0.05, 0.1) is 32.8 Å². The van der Waals surface area contributed by atoms with Gasteiger partial charge in [0.15, 0.2) is 0 Å². The van der Waals surface area contributed by atoms with Gasteiger partial charge < -0.3 is 14.2 Å². The molecule has 4 unspecified atom stereocenters. The maximum Gasteiger partial charge on any atom is 0.320 e. The molecular weight excluding hydrogens is 554 g/mol. The number of ether oxygens (including phenoxy) is 3. The van der Waals surface area contributed by atoms with E-state index in [1.165, 1.54) is 43.4 Å². The van der Waals surface area contributed by atoms with E-state index in [4.69, 9.17) is 14.2 Å². The van der Waals surface area contributed by atoms with E-state index in [0.717, 1.165) is 64.2 Å². The predicted octanol–water partition coefficient (Wildman–Crippen LogP) is 9.07. The Kier molecular flexibility index (Phi) is 27.3. The van der Waals surface area contributed by atoms with E-state index in [-0.39, 0.29) is 25.7 Å². The van der Waals surface area contributed by atoms with Crippen LogP contribution in [0.5, 0.6) is 0 Å². The molecule has 0 saturated heterocycles. The number of hydrogen-bond acceptors (Lipinski definition) is 7. The molecule has 7 nitrogen and oxygen atoms in total. The summed E-state index contributed by atoms with van der Waals surface area (Å²) in [5.41, 5.74) is 0. The number of esters is 3. The summed E-state index contributed by atoms with van der Waals surface area (Å²) >= 11 is 0. The Morgan fingerprint density at radius 3 is 1.52 bits per heavy atom. The van der Waals surface area contributed by atoms with E-state index in [9.17, 15) is 14.4 Å². The van der Waals surface area contributed by atoms with Gasteiger partial charge >= 0.3 is 17.9 Å². The molecule has 0 aromatic carbocycles. The van der Waals surface area contributed by atoms with Gasteiger partial charge in [-0.05, 0) is 49.5 Å². The van der Waals surface area contributed by atoms with Crippen molar-refractivity contribution in [1.29, 1.82) is 0 Å². The van der Waals surface area contributed by atoms with Crippen LogP contribution in [0, 0.1) is 17.8 Å². The lowest BCUT2D eigenvalue weighted by Crippen LogP contribution is -2.40. The van der Waals surface area contributed by atoms with Gasteiger partial charge in [0, 0.05) is 0 Å². The van der Waals surface area contributed by atoms with E-state index in [1.807, 2.05) is 6.08 Å². The van der Waals surface area contributed by atoms with Crippen LogP contribution in [0.4, 0.5) is 0 Å². The molecule has 0 heterocycles. The Labute approximate surface area is 271 Å². The molecule has 0 aliphatic heterocycles. The van der Waals surface area contributed by atoms with Gasteiger partial charge in [-0.15, -0.1) is 0 Å². The molecule has 44 heavy (non-hydrogen) atoms. The minimum atomic E-state index is -0.452. The summed E-state index contributed by atoms with van der Waals surface area (Å²) in [5.74, 6) is 0.0444. The van der Waals surface area contributed by atoms with Crippen LogP contribution < -0.4 is 0 Å². The van der Waals surface area contributed by atoms with E-state index >= 15 is 0 Å². The van der Waals surface area contributed by atoms with E-state index in [2.05, 4.69) is 54.5 Å². The van der Waals surface area contributed by atoms with Crippen molar-refractivity contribution < 1.29 is 28.6 Å². The number of carbonyl (C=O) groups is 3. The van der Waals surface area contributed by atoms with Gasteiger partial charge in [0.2, 0.25) is 0 Å². The fraction of sp³-hybridized carbons (Fsp3) is 0.865. The molecule has 0 aliphatic carbocycles. The lowest BCUT2D eigenvalue weighted by atomic mass is 9.88. The summed E-state index contributed by atoms with van der Waals surface area (Å²) in [4.78, 5) is 40.0. The Balaban J connectivity index is 5.23. The Morgan fingerprint density at radius 2 is 1.07 bits per heavy atom. The minimum absolute atomic E-state index is 0.158. The lowest BCUT2D eigenvalue weighted by molar-refractivity contribution is -0.153. The fourth-order valence-corrected chi connectivity index (χ4v) is 5.18. The number of allylic oxidation sites excluding steroid dienone is 1. The highest BCUT2D eigenvalue weighted by Gasteiger charge is 2.23. The van der Waals surface area contributed by atoms with Crippen LogP contribution in [0.2, 0.25) is 0 Å². The van der Waals surface area contributed by atoms with Crippen LogP contribution in [0.15, 0.2) is 12.2 Å². The molecule has 7 heteroatoms. The molecular formula is C37H69NO6. The standard InChI is InChI=1S/C37H69NO6/c1-8-13-15-17-19-21-25-42-35(39)28-38(29-36(40)43-26-22-20-18-16-14-9-2)30-37(41)44-34(27-31(6)10-3)24-23-33(12-5)32(7)11-4/h23-24,31-34H,8-22,25-30H2,1-7H3/b24-23-. The molecule has 0 aromatic rings. The Hall–Kier alpha value is -1.89. The van der Waals surface area contributed by atoms with Crippen molar-refractivity contribution in [2.45, 2.75) is 157 Å². The summed E-state index contributed by atoms with van der Waals surface area (Å²) in [5, 5.41) is 0. The molecule has 0 fully saturated rings. The fourth-order valence-electron chi connectivity index (χ4n) is 5.18. The van der Waals surface area contributed by atoms with Gasteiger partial charge in [-0.2, -0.15) is 0 Å². The van der Waals surface area contributed by atoms with Gasteiger partial charge in [-0.25, -0.2) is 0 Å². The third-order valence-electron chi connectivity index (χ3n) is 8.61. The monoisotopic (exact) mass is 624 g/mol. The molecule has 0 aromatic heterocycles. The molecule has 0 saturated carbocycles. The average molecular weight is 624 g/mol. The molecule has 0 N–H and O–H groups in total. The zero-order chi connectivity index (χ0) is 33.0. The zero-order valence-corrected chi connectivity index (χ0v) is 29.7. The Bertz CT molecular complexity index is 722. The van der Waals surface area contributed by atoms with E-state index in [1.54, 1.807) is 0 Å². The molecule has 0 bridgehead atoms. The molecule has 4 atom stereocenters. The van der Waals surface area contributed by atoms with Crippen molar-refractivity contribution >= 4 is 17.9 Å². The number of nitrogens with zero attached hydrogens (tertiary/aromatic N) is 1. The van der Waals surface area contributed by atoms with Crippen molar-refractivity contribution in [3.05, 3.63) is 12.2 Å². The largest absolute Gasteiger partial charge is 0.465 e. The van der Waals surface area contributed by atoms with Crippen LogP contribution in [0.3, 0.4) is 0 Å². The van der Waals surface area contributed by atoms with Crippen molar-refractivity contribution in [3.63, 3.8) is 0 Å². The second-order valence-corrected chi connectivity index (χ2v) is 12.7. The van der Waals surface area contributed by atoms with E-state index < -0.39 is 17.9 Å². The smallest absolute Gasteiger partial charge is 0.320 e. The van der Waals surface area contributed by atoms with Crippen LogP contribution in [0.1, 0.15) is 151 Å². The molecule has 0 amide bonds. The van der Waals surface area contributed by atoms with Gasteiger partial charge in [0.25, 0.3) is 0 Å². The first-order valence-electron chi connectivity index (χ1n) is 18.1. The molecule has 0 rings (SSSR count). The lowest BCUT2D eigenvalue weighted by Gasteiger charge is -2.23. The van der Waals surface area contributed by atoms with Gasteiger partial charge in [-0.3, -0.25) is 19.3 Å². The number of unbranched alkanes of at least 4 members (excludes halogenated alkanes) is 10. The van der Waals surface area contributed by atoms with Crippen LogP contribution in [-0.4, -0.2) is 61.8 Å². The second kappa shape index (κ2) is 28.6. The highest BCUT2D eigenvalue weighted by Crippen LogP contribution is 2.22. The molecule has 0 aliphatic rings. The third-order valence-corrected chi connectivity index (χ3v) is 8.61. The number of rotatable bonds is 29. The highest BCUT2D eigenvalue weighted by atomic mass is 16.5. The molecule has 258 valence electrons. The van der Waals surface area contributed by atoms with Crippen LogP contribution in [-0.2, 0) is 28.6 Å². The molecule has 0 radical (unpaired) electrons. The first kappa shape index (κ1) is 42.1. The van der Waals surface area contributed by atoms with Gasteiger partial charge in [-0.1, -0.05) is 132 Å². The summed E-state index contributed by atoms with van der Waals surface area (Å²) < 4.78 is 16.8. The summed E-state index contributed by atoms with van der Waals surface area (Å²) in [6.45, 7) is 15.5. The highest BCUT2D eigenvalue weighted by molar-refractivity contribution is 5.78. The third kappa shape index (κ3) is 23.5. The maximum atomic E-state index is 13.2. The maximum absolute atomic E-state index is 13.2. The summed E-state index contributed by atoms with van der Waals surface area (Å²) in [6.07, 6.45) is 20.9. The van der Waals surface area contributed by atoms with E-state index in [0.29, 0.717) is 31.0 Å². The summed E-state index contributed by atoms with van der Waals surface area (Å²) in [6, 6.07) is 0. The number of hydrogen-bond donors (Lipinski definition) is 0. The minimum Gasteiger partial charge on any atom is -0.465 e. The topological polar surface area (TPSA) is 82.1 Å². The number of carbonyl (C=O) groups excluding carboxylic acids is 3. The first-order valence-corrected chi connectivity index (χ1v) is 18.1. The van der Waals surface area contributed by atoms with Crippen molar-refractivity contribution in [3.8, 4) is 0 Å². The first-order chi connectivity index (χ1) is 21.2. The van der Waals surface area contributed by atoms with Crippen LogP contribution >= 0.6 is 0 Å². The second-order valence-electron chi connectivity index (χ2n) is 12.7. The SMILES string of the molecule is CCCCCCCCOC(=O)CN(CC(=O)OCCCCCCCC)CC(=O)OC(/C=C\C(CC)C(C)CC)CC(C)CC. The van der Waals surface area contributed by atoms with Crippen molar-refractivity contribution in [1.82, 2.24) is 4.90 Å². The zero-order valence-electron chi connectivity index (χ0n) is 29.7. The quantitative estimate of drug-likeness (QED) is 0.0356. The Morgan fingerprint density at radius 1 is 0.591 bits per heavy atom. The van der Waals surface area contributed by atoms with Gasteiger partial charge in [0.1, 0.15) is 6.10 Å². The van der Waals surface area contributed by atoms with Crippen molar-refractivity contribution in [2.75, 3.05) is 32.8 Å². The van der Waals surface area contributed by atoms with Crippen LogP contribution in [0.25, 0.3) is 0 Å². The predicted molar refractivity (Wildman–Crippen MR) is 181 cm³/mol.